The number of benzene rings is 2. The number of anilines is 1. The lowest BCUT2D eigenvalue weighted by molar-refractivity contribution is -0.121. The van der Waals surface area contributed by atoms with Crippen LogP contribution in [-0.4, -0.2) is 79.8 Å². The van der Waals surface area contributed by atoms with E-state index in [1.54, 1.807) is 6.07 Å². The van der Waals surface area contributed by atoms with Crippen molar-refractivity contribution in [3.8, 4) is 5.75 Å². The second-order valence-corrected chi connectivity index (χ2v) is 8.44. The fraction of sp³-hybridized carbons (Fsp3) is 0.478. The zero-order chi connectivity index (χ0) is 20.4. The summed E-state index contributed by atoms with van der Waals surface area (Å²) >= 11 is 0. The number of hydrogen-bond donors (Lipinski definition) is 1. The van der Waals surface area contributed by atoms with Gasteiger partial charge in [0.05, 0.1) is 12.1 Å². The summed E-state index contributed by atoms with van der Waals surface area (Å²) in [4.78, 5) is 30.7. The Labute approximate surface area is 171 Å². The quantitative estimate of drug-likeness (QED) is 0.758. The molecule has 2 aromatic rings. The molecule has 2 aromatic carbocycles. The van der Waals surface area contributed by atoms with Crippen molar-refractivity contribution in [2.75, 3.05) is 57.8 Å². The first-order valence-electron chi connectivity index (χ1n) is 10.4. The molecule has 0 bridgehead atoms. The van der Waals surface area contributed by atoms with Gasteiger partial charge >= 0.3 is 0 Å². The Morgan fingerprint density at radius 3 is 2.69 bits per heavy atom. The molecule has 1 unspecified atom stereocenters. The molecule has 2 heterocycles. The van der Waals surface area contributed by atoms with Gasteiger partial charge in [-0.2, -0.15) is 0 Å². The standard InChI is InChI=1S/C23H29N3O3/c1-24-8-10-25(11-9-24)15-20(28)12-17-6-7-26(14-17)19-3-4-21-18(13-19)2-5-23(29)22(21)16-27/h2-5,13,16-17,29H,6-12,14-15H2,1H3. The summed E-state index contributed by atoms with van der Waals surface area (Å²) in [6.07, 6.45) is 2.39. The number of rotatable bonds is 6. The van der Waals surface area contributed by atoms with Crippen LogP contribution in [0.25, 0.3) is 10.8 Å². The number of Topliss-reactive ketones (excluding diaryl/α,β-unsaturated/α-hetero) is 1. The molecule has 1 atom stereocenters. The second kappa shape index (κ2) is 8.51. The minimum absolute atomic E-state index is 0.0142. The number of carbonyl (C=O) groups excluding carboxylic acids is 2. The van der Waals surface area contributed by atoms with Crippen molar-refractivity contribution >= 4 is 28.5 Å². The number of hydrogen-bond acceptors (Lipinski definition) is 6. The van der Waals surface area contributed by atoms with Crippen molar-refractivity contribution in [1.82, 2.24) is 9.80 Å². The van der Waals surface area contributed by atoms with Crippen molar-refractivity contribution in [2.24, 2.45) is 5.92 Å². The highest BCUT2D eigenvalue weighted by Gasteiger charge is 2.26. The Balaban J connectivity index is 1.36. The number of phenols is 1. The van der Waals surface area contributed by atoms with E-state index in [1.807, 2.05) is 18.2 Å². The summed E-state index contributed by atoms with van der Waals surface area (Å²) in [6, 6.07) is 9.38. The summed E-state index contributed by atoms with van der Waals surface area (Å²) in [7, 11) is 2.13. The van der Waals surface area contributed by atoms with Gasteiger partial charge in [0.15, 0.2) is 6.29 Å². The van der Waals surface area contributed by atoms with Gasteiger partial charge in [-0.15, -0.1) is 0 Å². The number of fused-ring (bicyclic) bond motifs is 1. The topological polar surface area (TPSA) is 64.1 Å². The highest BCUT2D eigenvalue weighted by Crippen LogP contribution is 2.32. The number of aromatic hydroxyl groups is 1. The van der Waals surface area contributed by atoms with E-state index in [9.17, 15) is 14.7 Å². The number of aldehydes is 1. The molecule has 2 saturated heterocycles. The van der Waals surface area contributed by atoms with E-state index in [-0.39, 0.29) is 5.75 Å². The van der Waals surface area contributed by atoms with Gasteiger partial charge < -0.3 is 14.9 Å². The van der Waals surface area contributed by atoms with Crippen LogP contribution in [0.3, 0.4) is 0 Å². The molecule has 29 heavy (non-hydrogen) atoms. The van der Waals surface area contributed by atoms with E-state index in [1.165, 1.54) is 0 Å². The summed E-state index contributed by atoms with van der Waals surface area (Å²) in [5.74, 6) is 0.766. The molecule has 0 radical (unpaired) electrons. The van der Waals surface area contributed by atoms with E-state index in [2.05, 4.69) is 27.8 Å². The van der Waals surface area contributed by atoms with Crippen molar-refractivity contribution < 1.29 is 14.7 Å². The highest BCUT2D eigenvalue weighted by molar-refractivity contribution is 6.01. The first kappa shape index (κ1) is 19.9. The molecule has 0 amide bonds. The SMILES string of the molecule is CN1CCN(CC(=O)CC2CCN(c3ccc4c(C=O)c(O)ccc4c3)C2)CC1. The molecule has 0 spiro atoms. The van der Waals surface area contributed by atoms with Crippen LogP contribution in [0.1, 0.15) is 23.2 Å². The molecule has 2 aliphatic rings. The molecule has 0 aliphatic carbocycles. The lowest BCUT2D eigenvalue weighted by Crippen LogP contribution is -2.46. The van der Waals surface area contributed by atoms with Crippen LogP contribution in [0, 0.1) is 5.92 Å². The fourth-order valence-corrected chi connectivity index (χ4v) is 4.53. The van der Waals surface area contributed by atoms with Gasteiger partial charge in [-0.25, -0.2) is 0 Å². The normalized spacial score (nSPS) is 21.0. The third kappa shape index (κ3) is 4.43. The monoisotopic (exact) mass is 395 g/mol. The molecule has 4 rings (SSSR count). The molecular formula is C23H29N3O3. The first-order chi connectivity index (χ1) is 14.0. The molecule has 1 N–H and O–H groups in total. The van der Waals surface area contributed by atoms with Crippen LogP contribution in [0.2, 0.25) is 0 Å². The number of ketones is 1. The van der Waals surface area contributed by atoms with Crippen molar-refractivity contribution in [3.05, 3.63) is 35.9 Å². The Morgan fingerprint density at radius 1 is 1.14 bits per heavy atom. The average molecular weight is 396 g/mol. The maximum absolute atomic E-state index is 12.5. The van der Waals surface area contributed by atoms with Gasteiger partial charge in [-0.1, -0.05) is 12.1 Å². The van der Waals surface area contributed by atoms with Gasteiger partial charge in [-0.05, 0) is 48.4 Å². The Hall–Kier alpha value is -2.44. The summed E-state index contributed by atoms with van der Waals surface area (Å²) in [6.45, 7) is 6.45. The fourth-order valence-electron chi connectivity index (χ4n) is 4.53. The van der Waals surface area contributed by atoms with Crippen LogP contribution in [-0.2, 0) is 4.79 Å². The van der Waals surface area contributed by atoms with Gasteiger partial charge in [-0.3, -0.25) is 14.5 Å². The maximum atomic E-state index is 12.5. The van der Waals surface area contributed by atoms with Gasteiger partial charge in [0, 0.05) is 51.4 Å². The minimum atomic E-state index is 0.0142. The Morgan fingerprint density at radius 2 is 1.93 bits per heavy atom. The van der Waals surface area contributed by atoms with Crippen LogP contribution in [0.4, 0.5) is 5.69 Å². The smallest absolute Gasteiger partial charge is 0.154 e. The molecule has 154 valence electrons. The highest BCUT2D eigenvalue weighted by atomic mass is 16.3. The zero-order valence-electron chi connectivity index (χ0n) is 17.0. The van der Waals surface area contributed by atoms with Crippen LogP contribution in [0.15, 0.2) is 30.3 Å². The van der Waals surface area contributed by atoms with Gasteiger partial charge in [0.1, 0.15) is 11.5 Å². The number of phenolic OH excluding ortho intramolecular Hbond substituents is 1. The lowest BCUT2D eigenvalue weighted by Gasteiger charge is -2.32. The number of carbonyl (C=O) groups is 2. The molecule has 0 saturated carbocycles. The maximum Gasteiger partial charge on any atom is 0.154 e. The molecule has 2 fully saturated rings. The molecular weight excluding hydrogens is 366 g/mol. The van der Waals surface area contributed by atoms with Crippen molar-refractivity contribution in [1.29, 1.82) is 0 Å². The summed E-state index contributed by atoms with van der Waals surface area (Å²) < 4.78 is 0. The van der Waals surface area contributed by atoms with Crippen LogP contribution in [0.5, 0.6) is 5.75 Å². The van der Waals surface area contributed by atoms with E-state index in [0.717, 1.165) is 62.1 Å². The van der Waals surface area contributed by atoms with Crippen LogP contribution < -0.4 is 4.90 Å². The predicted molar refractivity (Wildman–Crippen MR) is 115 cm³/mol. The Kier molecular flexibility index (Phi) is 5.83. The first-order valence-corrected chi connectivity index (χ1v) is 10.4. The zero-order valence-corrected chi connectivity index (χ0v) is 17.0. The summed E-state index contributed by atoms with van der Waals surface area (Å²) in [5, 5.41) is 11.6. The molecule has 2 aliphatic heterocycles. The van der Waals surface area contributed by atoms with E-state index >= 15 is 0 Å². The van der Waals surface area contributed by atoms with Crippen molar-refractivity contribution in [2.45, 2.75) is 12.8 Å². The van der Waals surface area contributed by atoms with E-state index < -0.39 is 0 Å². The molecule has 6 nitrogen and oxygen atoms in total. The third-order valence-electron chi connectivity index (χ3n) is 6.30. The Bertz CT molecular complexity index is 906. The van der Waals surface area contributed by atoms with E-state index in [0.29, 0.717) is 36.5 Å². The number of likely N-dealkylation sites (N-methyl/N-ethyl adjacent to an activating group) is 1. The second-order valence-electron chi connectivity index (χ2n) is 8.44. The average Bonchev–Trinajstić information content (AvgIpc) is 3.17. The third-order valence-corrected chi connectivity index (χ3v) is 6.30. The molecule has 0 aromatic heterocycles. The van der Waals surface area contributed by atoms with Gasteiger partial charge in [0.25, 0.3) is 0 Å². The minimum Gasteiger partial charge on any atom is -0.507 e. The number of piperazine rings is 1. The van der Waals surface area contributed by atoms with Gasteiger partial charge in [0.2, 0.25) is 0 Å². The molecule has 6 heteroatoms. The largest absolute Gasteiger partial charge is 0.507 e. The van der Waals surface area contributed by atoms with Crippen LogP contribution >= 0.6 is 0 Å². The predicted octanol–water partition coefficient (Wildman–Crippen LogP) is 2.39. The lowest BCUT2D eigenvalue weighted by atomic mass is 10.0. The summed E-state index contributed by atoms with van der Waals surface area (Å²) in [5.41, 5.74) is 1.44. The van der Waals surface area contributed by atoms with E-state index in [4.69, 9.17) is 0 Å². The van der Waals surface area contributed by atoms with Crippen molar-refractivity contribution in [3.63, 3.8) is 0 Å². The number of nitrogens with zero attached hydrogens (tertiary/aromatic N) is 3.